The first kappa shape index (κ1) is 23.7. The second kappa shape index (κ2) is 11.1. The molecule has 1 saturated heterocycles. The Balaban J connectivity index is 1.75. The van der Waals surface area contributed by atoms with Crippen LogP contribution in [0.15, 0.2) is 77.6 Å². The number of aromatic nitrogens is 1. The number of benzene rings is 1. The van der Waals surface area contributed by atoms with Gasteiger partial charge >= 0.3 is 0 Å². The molecule has 0 spiro atoms. The Labute approximate surface area is 193 Å². The lowest BCUT2D eigenvalue weighted by atomic mass is 9.91. The van der Waals surface area contributed by atoms with E-state index in [-0.39, 0.29) is 0 Å². The van der Waals surface area contributed by atoms with Gasteiger partial charge in [0, 0.05) is 53.0 Å². The van der Waals surface area contributed by atoms with Crippen LogP contribution in [0.2, 0.25) is 0 Å². The number of fused-ring (bicyclic) bond motifs is 1. The van der Waals surface area contributed by atoms with Gasteiger partial charge in [-0.15, -0.1) is 0 Å². The van der Waals surface area contributed by atoms with Crippen molar-refractivity contribution < 1.29 is 4.58 Å². The van der Waals surface area contributed by atoms with Crippen LogP contribution >= 0.6 is 0 Å². The molecule has 0 bridgehead atoms. The molecule has 3 rings (SSSR count). The van der Waals surface area contributed by atoms with Gasteiger partial charge in [0.2, 0.25) is 0 Å². The molecule has 0 radical (unpaired) electrons. The van der Waals surface area contributed by atoms with Crippen molar-refractivity contribution in [2.24, 2.45) is 10.9 Å². The summed E-state index contributed by atoms with van der Waals surface area (Å²) >= 11 is 0. The summed E-state index contributed by atoms with van der Waals surface area (Å²) in [5, 5.41) is 1.25. The summed E-state index contributed by atoms with van der Waals surface area (Å²) in [4.78, 5) is 4.95. The van der Waals surface area contributed by atoms with Crippen molar-refractivity contribution in [3.05, 3.63) is 78.2 Å². The van der Waals surface area contributed by atoms with E-state index in [0.29, 0.717) is 5.92 Å². The van der Waals surface area contributed by atoms with E-state index >= 15 is 0 Å². The zero-order valence-corrected chi connectivity index (χ0v) is 20.4. The molecule has 3 heteroatoms. The van der Waals surface area contributed by atoms with Crippen LogP contribution in [0.1, 0.15) is 59.4 Å². The van der Waals surface area contributed by atoms with E-state index in [2.05, 4.69) is 86.2 Å². The maximum atomic E-state index is 4.95. The minimum atomic E-state index is 0.608. The van der Waals surface area contributed by atoms with Gasteiger partial charge in [-0.25, -0.2) is 4.58 Å². The van der Waals surface area contributed by atoms with Gasteiger partial charge in [0.25, 0.3) is 0 Å². The molecule has 1 fully saturated rings. The summed E-state index contributed by atoms with van der Waals surface area (Å²) in [6.45, 7) is 16.8. The molecule has 32 heavy (non-hydrogen) atoms. The fourth-order valence-corrected chi connectivity index (χ4v) is 4.27. The predicted molar refractivity (Wildman–Crippen MR) is 141 cm³/mol. The normalized spacial score (nSPS) is 17.8. The second-order valence-electron chi connectivity index (χ2n) is 8.81. The summed E-state index contributed by atoms with van der Waals surface area (Å²) in [6.07, 6.45) is 15.9. The van der Waals surface area contributed by atoms with Gasteiger partial charge in [-0.1, -0.05) is 31.2 Å². The van der Waals surface area contributed by atoms with Crippen LogP contribution in [0.5, 0.6) is 0 Å². The third-order valence-electron chi connectivity index (χ3n) is 6.39. The molecule has 1 aromatic carbocycles. The Morgan fingerprint density at radius 1 is 1.19 bits per heavy atom. The number of allylic oxidation sites excluding steroid dienone is 7. The molecule has 0 aliphatic carbocycles. The molecular formula is C29H38N3+. The van der Waals surface area contributed by atoms with E-state index in [9.17, 15) is 0 Å². The molecule has 2 heterocycles. The highest BCUT2D eigenvalue weighted by Crippen LogP contribution is 2.23. The van der Waals surface area contributed by atoms with E-state index in [1.54, 1.807) is 0 Å². The first-order chi connectivity index (χ1) is 15.5. The quantitative estimate of drug-likeness (QED) is 0.251. The SMILES string of the molecule is C=C/C(=C\C=C/C)n1ccc2cc(C=[N+]3CCC(C(CC)=NC(C)=C(C)C)CC3)ccc21. The van der Waals surface area contributed by atoms with E-state index in [0.717, 1.165) is 25.2 Å². The van der Waals surface area contributed by atoms with Gasteiger partial charge in [-0.3, -0.25) is 4.99 Å². The van der Waals surface area contributed by atoms with Crippen molar-refractivity contribution in [3.63, 3.8) is 0 Å². The Hall–Kier alpha value is -2.94. The van der Waals surface area contributed by atoms with Crippen molar-refractivity contribution in [2.45, 2.75) is 53.9 Å². The number of hydrogen-bond donors (Lipinski definition) is 0. The van der Waals surface area contributed by atoms with E-state index < -0.39 is 0 Å². The Morgan fingerprint density at radius 2 is 1.94 bits per heavy atom. The van der Waals surface area contributed by atoms with Crippen LogP contribution in [-0.2, 0) is 0 Å². The molecule has 0 amide bonds. The molecule has 168 valence electrons. The zero-order valence-electron chi connectivity index (χ0n) is 20.4. The van der Waals surface area contributed by atoms with Crippen molar-refractivity contribution in [2.75, 3.05) is 13.1 Å². The minimum Gasteiger partial charge on any atom is -0.317 e. The highest BCUT2D eigenvalue weighted by Gasteiger charge is 2.24. The topological polar surface area (TPSA) is 20.3 Å². The van der Waals surface area contributed by atoms with Crippen LogP contribution in [-0.4, -0.2) is 34.2 Å². The lowest BCUT2D eigenvalue weighted by molar-refractivity contribution is -0.534. The van der Waals surface area contributed by atoms with Crippen molar-refractivity contribution in [3.8, 4) is 0 Å². The third kappa shape index (κ3) is 5.64. The molecule has 1 aliphatic heterocycles. The molecule has 0 atom stereocenters. The van der Waals surface area contributed by atoms with Crippen molar-refractivity contribution in [1.29, 1.82) is 0 Å². The number of aliphatic imine (C=N–C) groups is 1. The van der Waals surface area contributed by atoms with Gasteiger partial charge in [0.05, 0.1) is 5.52 Å². The Morgan fingerprint density at radius 3 is 2.56 bits per heavy atom. The summed E-state index contributed by atoms with van der Waals surface area (Å²) in [5.74, 6) is 0.608. The van der Waals surface area contributed by atoms with E-state index in [1.165, 1.54) is 46.3 Å². The molecule has 0 saturated carbocycles. The monoisotopic (exact) mass is 428 g/mol. The number of piperidine rings is 1. The first-order valence-corrected chi connectivity index (χ1v) is 11.8. The molecule has 1 aliphatic rings. The van der Waals surface area contributed by atoms with Gasteiger partial charge in [-0.05, 0) is 70.5 Å². The van der Waals surface area contributed by atoms with Crippen LogP contribution in [0.4, 0.5) is 0 Å². The first-order valence-electron chi connectivity index (χ1n) is 11.8. The van der Waals surface area contributed by atoms with Gasteiger partial charge in [-0.2, -0.15) is 0 Å². The maximum absolute atomic E-state index is 4.95. The lowest BCUT2D eigenvalue weighted by Crippen LogP contribution is -2.31. The standard InChI is InChI=1S/C29H38N3/c1-7-10-11-27(8-2)32-19-16-26-20-24(12-13-29(26)32)21-31-17-14-25(15-18-31)28(9-3)30-23(6)22(4)5/h7-8,10-13,16,19-21,25H,2,9,14-15,17-18H2,1,3-6H3/q+1/b10-7-,27-11+,30-28?. The fraction of sp³-hybridized carbons (Fsp3) is 0.379. The predicted octanol–water partition coefficient (Wildman–Crippen LogP) is 7.25. The van der Waals surface area contributed by atoms with Gasteiger partial charge in [0.15, 0.2) is 6.21 Å². The molecular weight excluding hydrogens is 390 g/mol. The summed E-state index contributed by atoms with van der Waals surface area (Å²) < 4.78 is 4.66. The Kier molecular flexibility index (Phi) is 8.21. The smallest absolute Gasteiger partial charge is 0.170 e. The third-order valence-corrected chi connectivity index (χ3v) is 6.39. The lowest BCUT2D eigenvalue weighted by Gasteiger charge is -2.22. The van der Waals surface area contributed by atoms with Crippen LogP contribution < -0.4 is 0 Å². The van der Waals surface area contributed by atoms with Crippen LogP contribution in [0, 0.1) is 5.92 Å². The summed E-state index contributed by atoms with van der Waals surface area (Å²) in [5.41, 5.74) is 7.40. The fourth-order valence-electron chi connectivity index (χ4n) is 4.27. The van der Waals surface area contributed by atoms with Crippen molar-refractivity contribution in [1.82, 2.24) is 4.57 Å². The molecule has 0 N–H and O–H groups in total. The van der Waals surface area contributed by atoms with Crippen molar-refractivity contribution >= 4 is 28.5 Å². The van der Waals surface area contributed by atoms with Gasteiger partial charge < -0.3 is 4.57 Å². The highest BCUT2D eigenvalue weighted by molar-refractivity contribution is 5.90. The van der Waals surface area contributed by atoms with Crippen LogP contribution in [0.3, 0.4) is 0 Å². The maximum Gasteiger partial charge on any atom is 0.170 e. The van der Waals surface area contributed by atoms with Gasteiger partial charge in [0.1, 0.15) is 13.1 Å². The number of hydrogen-bond acceptors (Lipinski definition) is 1. The largest absolute Gasteiger partial charge is 0.317 e. The summed E-state index contributed by atoms with van der Waals surface area (Å²) in [6, 6.07) is 8.90. The minimum absolute atomic E-state index is 0.608. The molecule has 2 aromatic rings. The Bertz CT molecular complexity index is 1100. The number of rotatable bonds is 7. The molecule has 3 nitrogen and oxygen atoms in total. The van der Waals surface area contributed by atoms with Crippen LogP contribution in [0.25, 0.3) is 16.6 Å². The summed E-state index contributed by atoms with van der Waals surface area (Å²) in [7, 11) is 0. The van der Waals surface area contributed by atoms with E-state index in [1.807, 2.05) is 25.2 Å². The zero-order chi connectivity index (χ0) is 23.1. The molecule has 1 aromatic heterocycles. The second-order valence-corrected chi connectivity index (χ2v) is 8.81. The molecule has 0 unspecified atom stereocenters. The average Bonchev–Trinajstić information content (AvgIpc) is 3.21. The average molecular weight is 429 g/mol. The number of nitrogens with zero attached hydrogens (tertiary/aromatic N) is 3. The highest BCUT2D eigenvalue weighted by atomic mass is 15.0. The van der Waals surface area contributed by atoms with E-state index in [4.69, 9.17) is 4.99 Å².